The molecule has 0 atom stereocenters. The van der Waals surface area contributed by atoms with Crippen molar-refractivity contribution in [2.24, 2.45) is 0 Å². The topological polar surface area (TPSA) is 65.5 Å². The van der Waals surface area contributed by atoms with Crippen molar-refractivity contribution < 1.29 is 9.90 Å². The molecule has 0 saturated heterocycles. The van der Waals surface area contributed by atoms with Crippen LogP contribution in [-0.4, -0.2) is 46.1 Å². The van der Waals surface area contributed by atoms with Gasteiger partial charge in [-0.2, -0.15) is 0 Å². The monoisotopic (exact) mass is 359 g/mol. The molecule has 0 spiro atoms. The minimum Gasteiger partial charge on any atom is -0.480 e. The number of aryl methyl sites for hydroxylation is 1. The number of hydrogen-bond acceptors (Lipinski definition) is 5. The summed E-state index contributed by atoms with van der Waals surface area (Å²) in [6, 6.07) is 9.31. The maximum absolute atomic E-state index is 10.9. The van der Waals surface area contributed by atoms with Gasteiger partial charge in [0, 0.05) is 35.3 Å². The summed E-state index contributed by atoms with van der Waals surface area (Å²) in [4.78, 5) is 18.7. The van der Waals surface area contributed by atoms with Crippen LogP contribution in [0.3, 0.4) is 0 Å². The number of carboxylic acid groups (broad SMARTS) is 1. The van der Waals surface area contributed by atoms with Crippen LogP contribution in [0.25, 0.3) is 10.6 Å². The Morgan fingerprint density at radius 1 is 1.36 bits per heavy atom. The minimum absolute atomic E-state index is 0.142. The summed E-state index contributed by atoms with van der Waals surface area (Å²) in [7, 11) is 0. The smallest absolute Gasteiger partial charge is 0.317 e. The van der Waals surface area contributed by atoms with Crippen LogP contribution in [0.4, 0.5) is 0 Å². The second-order valence-corrected chi connectivity index (χ2v) is 7.77. The highest BCUT2D eigenvalue weighted by atomic mass is 32.1. The van der Waals surface area contributed by atoms with Crippen LogP contribution in [0.1, 0.15) is 30.2 Å². The molecule has 0 aliphatic heterocycles. The lowest BCUT2D eigenvalue weighted by atomic mass is 9.85. The van der Waals surface area contributed by atoms with Crippen LogP contribution in [0.5, 0.6) is 0 Å². The summed E-state index contributed by atoms with van der Waals surface area (Å²) in [5, 5.41) is 13.6. The number of thiazole rings is 1. The van der Waals surface area contributed by atoms with Gasteiger partial charge in [0.25, 0.3) is 0 Å². The Hall–Kier alpha value is -1.76. The number of rotatable bonds is 8. The van der Waals surface area contributed by atoms with E-state index in [2.05, 4.69) is 41.5 Å². The highest BCUT2D eigenvalue weighted by Crippen LogP contribution is 2.28. The van der Waals surface area contributed by atoms with E-state index >= 15 is 0 Å². The molecule has 1 saturated carbocycles. The molecule has 0 unspecified atom stereocenters. The molecule has 25 heavy (non-hydrogen) atoms. The normalized spacial score (nSPS) is 19.8. The van der Waals surface area contributed by atoms with E-state index in [9.17, 15) is 4.79 Å². The standard InChI is InChI=1S/C19H25N3O2S/c1-3-22(12-18(23)24)16-8-15(9-16)20-10-17-11-21-19(25-17)14-6-4-13(2)5-7-14/h4-7,11,15-16,20H,3,8-10,12H2,1-2H3,(H,23,24). The van der Waals surface area contributed by atoms with E-state index in [1.165, 1.54) is 10.4 Å². The number of aliphatic carboxylic acids is 1. The van der Waals surface area contributed by atoms with Gasteiger partial charge in [0.2, 0.25) is 0 Å². The predicted octanol–water partition coefficient (Wildman–Crippen LogP) is 3.15. The molecule has 2 aromatic rings. The zero-order valence-corrected chi connectivity index (χ0v) is 15.6. The van der Waals surface area contributed by atoms with Crippen molar-refractivity contribution in [2.75, 3.05) is 13.1 Å². The second-order valence-electron chi connectivity index (χ2n) is 6.66. The van der Waals surface area contributed by atoms with Gasteiger partial charge >= 0.3 is 5.97 Å². The number of benzene rings is 1. The van der Waals surface area contributed by atoms with Crippen LogP contribution >= 0.6 is 11.3 Å². The van der Waals surface area contributed by atoms with Gasteiger partial charge < -0.3 is 10.4 Å². The largest absolute Gasteiger partial charge is 0.480 e. The molecule has 1 aromatic heterocycles. The molecular weight excluding hydrogens is 334 g/mol. The molecule has 1 fully saturated rings. The van der Waals surface area contributed by atoms with Crippen molar-refractivity contribution in [3.63, 3.8) is 0 Å². The SMILES string of the molecule is CCN(CC(=O)O)C1CC(NCc2cnc(-c3ccc(C)cc3)s2)C1. The first-order valence-corrected chi connectivity index (χ1v) is 9.57. The lowest BCUT2D eigenvalue weighted by Gasteiger charge is -2.42. The van der Waals surface area contributed by atoms with E-state index in [4.69, 9.17) is 5.11 Å². The maximum atomic E-state index is 10.9. The first-order valence-electron chi connectivity index (χ1n) is 8.76. The van der Waals surface area contributed by atoms with Crippen molar-refractivity contribution in [3.05, 3.63) is 40.9 Å². The summed E-state index contributed by atoms with van der Waals surface area (Å²) in [5.41, 5.74) is 2.42. The number of carbonyl (C=O) groups is 1. The van der Waals surface area contributed by atoms with Crippen molar-refractivity contribution in [1.29, 1.82) is 0 Å². The average Bonchev–Trinajstić information content (AvgIpc) is 3.01. The Morgan fingerprint density at radius 3 is 2.72 bits per heavy atom. The Labute approximate surface area is 152 Å². The second kappa shape index (κ2) is 8.08. The van der Waals surface area contributed by atoms with Gasteiger partial charge in [0.05, 0.1) is 6.54 Å². The van der Waals surface area contributed by atoms with Crippen molar-refractivity contribution in [2.45, 2.75) is 45.3 Å². The lowest BCUT2D eigenvalue weighted by Crippen LogP contribution is -2.53. The van der Waals surface area contributed by atoms with Gasteiger partial charge in [-0.25, -0.2) is 4.98 Å². The fourth-order valence-corrected chi connectivity index (χ4v) is 4.06. The number of nitrogens with zero attached hydrogens (tertiary/aromatic N) is 2. The third kappa shape index (κ3) is 4.66. The summed E-state index contributed by atoms with van der Waals surface area (Å²) < 4.78 is 0. The first-order chi connectivity index (χ1) is 12.0. The molecule has 1 aromatic carbocycles. The van der Waals surface area contributed by atoms with E-state index < -0.39 is 5.97 Å². The summed E-state index contributed by atoms with van der Waals surface area (Å²) in [6.45, 7) is 5.86. The zero-order chi connectivity index (χ0) is 17.8. The van der Waals surface area contributed by atoms with Crippen LogP contribution in [0.15, 0.2) is 30.5 Å². The maximum Gasteiger partial charge on any atom is 0.317 e. The van der Waals surface area contributed by atoms with E-state index in [1.807, 2.05) is 18.0 Å². The van der Waals surface area contributed by atoms with Gasteiger partial charge in [-0.15, -0.1) is 11.3 Å². The van der Waals surface area contributed by atoms with Gasteiger partial charge in [-0.05, 0) is 26.3 Å². The minimum atomic E-state index is -0.744. The molecule has 1 heterocycles. The molecule has 0 amide bonds. The van der Waals surface area contributed by atoms with E-state index in [0.29, 0.717) is 12.1 Å². The van der Waals surface area contributed by atoms with E-state index in [-0.39, 0.29) is 6.54 Å². The van der Waals surface area contributed by atoms with Gasteiger partial charge in [-0.3, -0.25) is 9.69 Å². The third-order valence-corrected chi connectivity index (χ3v) is 5.84. The van der Waals surface area contributed by atoms with Crippen LogP contribution < -0.4 is 5.32 Å². The van der Waals surface area contributed by atoms with Crippen LogP contribution in [0.2, 0.25) is 0 Å². The summed E-state index contributed by atoms with van der Waals surface area (Å²) >= 11 is 1.73. The molecule has 134 valence electrons. The molecule has 1 aliphatic carbocycles. The zero-order valence-electron chi connectivity index (χ0n) is 14.7. The highest BCUT2D eigenvalue weighted by molar-refractivity contribution is 7.15. The fourth-order valence-electron chi connectivity index (χ4n) is 3.19. The predicted molar refractivity (Wildman–Crippen MR) is 101 cm³/mol. The molecular formula is C19H25N3O2S. The third-order valence-electron chi connectivity index (χ3n) is 4.79. The number of carboxylic acids is 1. The Bertz CT molecular complexity index is 708. The van der Waals surface area contributed by atoms with Gasteiger partial charge in [0.1, 0.15) is 5.01 Å². The van der Waals surface area contributed by atoms with Crippen molar-refractivity contribution >= 4 is 17.3 Å². The lowest BCUT2D eigenvalue weighted by molar-refractivity contribution is -0.139. The fraction of sp³-hybridized carbons (Fsp3) is 0.474. The molecule has 0 bridgehead atoms. The quantitative estimate of drug-likeness (QED) is 0.758. The van der Waals surface area contributed by atoms with Crippen molar-refractivity contribution in [3.8, 4) is 10.6 Å². The molecule has 3 rings (SSSR count). The first kappa shape index (κ1) is 18.0. The van der Waals surface area contributed by atoms with Gasteiger partial charge in [0.15, 0.2) is 0 Å². The van der Waals surface area contributed by atoms with Crippen LogP contribution in [0, 0.1) is 6.92 Å². The molecule has 2 N–H and O–H groups in total. The number of hydrogen-bond donors (Lipinski definition) is 2. The Balaban J connectivity index is 1.46. The van der Waals surface area contributed by atoms with Crippen molar-refractivity contribution in [1.82, 2.24) is 15.2 Å². The average molecular weight is 359 g/mol. The molecule has 0 radical (unpaired) electrons. The van der Waals surface area contributed by atoms with Crippen LogP contribution in [-0.2, 0) is 11.3 Å². The van der Waals surface area contributed by atoms with E-state index in [0.717, 1.165) is 36.5 Å². The number of likely N-dealkylation sites (N-methyl/N-ethyl adjacent to an activating group) is 1. The number of aromatic nitrogens is 1. The highest BCUT2D eigenvalue weighted by Gasteiger charge is 2.33. The summed E-state index contributed by atoms with van der Waals surface area (Å²) in [5.74, 6) is -0.744. The Kier molecular flexibility index (Phi) is 5.83. The summed E-state index contributed by atoms with van der Waals surface area (Å²) in [6.07, 6.45) is 3.99. The molecule has 1 aliphatic rings. The molecule has 5 nitrogen and oxygen atoms in total. The number of nitrogens with one attached hydrogen (secondary N) is 1. The van der Waals surface area contributed by atoms with Gasteiger partial charge in [-0.1, -0.05) is 36.8 Å². The Morgan fingerprint density at radius 2 is 2.08 bits per heavy atom. The van der Waals surface area contributed by atoms with E-state index in [1.54, 1.807) is 11.3 Å². The molecule has 6 heteroatoms.